The molecule has 1 aromatic carbocycles. The lowest BCUT2D eigenvalue weighted by Crippen LogP contribution is -2.49. The number of aliphatic hydroxyl groups is 1. The van der Waals surface area contributed by atoms with E-state index in [4.69, 9.17) is 0 Å². The first-order chi connectivity index (χ1) is 9.15. The van der Waals surface area contributed by atoms with Crippen molar-refractivity contribution in [1.29, 1.82) is 0 Å². The highest BCUT2D eigenvalue weighted by Crippen LogP contribution is 2.27. The first-order valence-corrected chi connectivity index (χ1v) is 7.80. The van der Waals surface area contributed by atoms with Gasteiger partial charge in [-0.25, -0.2) is 0 Å². The van der Waals surface area contributed by atoms with E-state index in [9.17, 15) is 9.90 Å². The van der Waals surface area contributed by atoms with Crippen molar-refractivity contribution in [2.45, 2.75) is 37.0 Å². The van der Waals surface area contributed by atoms with Gasteiger partial charge in [0.15, 0.2) is 0 Å². The lowest BCUT2D eigenvalue weighted by Gasteiger charge is -2.32. The minimum absolute atomic E-state index is 0.0309. The van der Waals surface area contributed by atoms with Crippen LogP contribution in [0.15, 0.2) is 30.3 Å². The number of hydrogen-bond donors (Lipinski definition) is 2. The predicted octanol–water partition coefficient (Wildman–Crippen LogP) is 2.30. The third-order valence-corrected chi connectivity index (χ3v) is 4.97. The van der Waals surface area contributed by atoms with Crippen LogP contribution in [-0.4, -0.2) is 28.6 Å². The molecule has 2 unspecified atom stereocenters. The molecule has 0 aromatic heterocycles. The Labute approximate surface area is 118 Å². The number of benzene rings is 1. The Morgan fingerprint density at radius 3 is 2.74 bits per heavy atom. The summed E-state index contributed by atoms with van der Waals surface area (Å²) in [5, 5.41) is 12.7. The molecule has 1 aliphatic rings. The second-order valence-corrected chi connectivity index (χ2v) is 6.51. The number of carbonyl (C=O) groups excluding carboxylic acids is 1. The second kappa shape index (κ2) is 6.44. The Hall–Kier alpha value is -1.00. The van der Waals surface area contributed by atoms with E-state index < -0.39 is 5.54 Å². The van der Waals surface area contributed by atoms with E-state index >= 15 is 0 Å². The molecule has 0 radical (unpaired) electrons. The number of thioether (sulfide) groups is 1. The van der Waals surface area contributed by atoms with Gasteiger partial charge < -0.3 is 10.4 Å². The summed E-state index contributed by atoms with van der Waals surface area (Å²) in [6.45, 7) is 1.77. The zero-order chi connectivity index (χ0) is 13.7. The molecule has 1 aliphatic heterocycles. The van der Waals surface area contributed by atoms with Crippen LogP contribution < -0.4 is 5.32 Å². The number of amides is 1. The van der Waals surface area contributed by atoms with Gasteiger partial charge in [0.2, 0.25) is 5.91 Å². The Morgan fingerprint density at radius 1 is 1.42 bits per heavy atom. The van der Waals surface area contributed by atoms with Crippen molar-refractivity contribution >= 4 is 17.7 Å². The molecule has 2 atom stereocenters. The maximum atomic E-state index is 12.3. The molecule has 1 amide bonds. The van der Waals surface area contributed by atoms with Crippen molar-refractivity contribution in [2.24, 2.45) is 0 Å². The van der Waals surface area contributed by atoms with Crippen LogP contribution in [0.25, 0.3) is 0 Å². The van der Waals surface area contributed by atoms with Crippen molar-refractivity contribution in [3.63, 3.8) is 0 Å². The summed E-state index contributed by atoms with van der Waals surface area (Å²) >= 11 is 1.72. The van der Waals surface area contributed by atoms with Crippen molar-refractivity contribution in [3.8, 4) is 0 Å². The van der Waals surface area contributed by atoms with Crippen molar-refractivity contribution in [3.05, 3.63) is 35.9 Å². The van der Waals surface area contributed by atoms with E-state index in [0.29, 0.717) is 0 Å². The molecule has 3 nitrogen and oxygen atoms in total. The summed E-state index contributed by atoms with van der Waals surface area (Å²) < 4.78 is 0. The number of hydrogen-bond acceptors (Lipinski definition) is 3. The molecule has 1 fully saturated rings. The molecular formula is C15H21NO2S. The van der Waals surface area contributed by atoms with Gasteiger partial charge in [0.05, 0.1) is 17.4 Å². The van der Waals surface area contributed by atoms with Crippen LogP contribution in [0.5, 0.6) is 0 Å². The van der Waals surface area contributed by atoms with Gasteiger partial charge in [-0.1, -0.05) is 36.8 Å². The Kier molecular flexibility index (Phi) is 4.88. The van der Waals surface area contributed by atoms with E-state index in [1.165, 1.54) is 6.42 Å². The van der Waals surface area contributed by atoms with Crippen LogP contribution in [-0.2, 0) is 10.3 Å². The quantitative estimate of drug-likeness (QED) is 0.889. The summed E-state index contributed by atoms with van der Waals surface area (Å²) in [4.78, 5) is 12.3. The highest BCUT2D eigenvalue weighted by atomic mass is 32.2. The molecule has 1 saturated heterocycles. The second-order valence-electron chi connectivity index (χ2n) is 5.20. The SMILES string of the molecule is CC(CO)(NC(=O)C1CCCCS1)c1ccccc1. The molecule has 19 heavy (non-hydrogen) atoms. The number of rotatable bonds is 4. The summed E-state index contributed by atoms with van der Waals surface area (Å²) in [6, 6.07) is 9.64. The van der Waals surface area contributed by atoms with Gasteiger partial charge in [-0.15, -0.1) is 11.8 Å². The lowest BCUT2D eigenvalue weighted by molar-refractivity contribution is -0.123. The number of carbonyl (C=O) groups is 1. The largest absolute Gasteiger partial charge is 0.394 e. The monoisotopic (exact) mass is 279 g/mol. The maximum Gasteiger partial charge on any atom is 0.233 e. The Bertz CT molecular complexity index is 417. The van der Waals surface area contributed by atoms with Gasteiger partial charge >= 0.3 is 0 Å². The minimum atomic E-state index is -0.698. The van der Waals surface area contributed by atoms with Gasteiger partial charge in [0.25, 0.3) is 0 Å². The fourth-order valence-electron chi connectivity index (χ4n) is 2.31. The molecular weight excluding hydrogens is 258 g/mol. The van der Waals surface area contributed by atoms with Crippen LogP contribution in [0.1, 0.15) is 31.7 Å². The summed E-state index contributed by atoms with van der Waals surface area (Å²) in [6.07, 6.45) is 3.25. The van der Waals surface area contributed by atoms with Crippen LogP contribution in [0.3, 0.4) is 0 Å². The molecule has 4 heteroatoms. The summed E-state index contributed by atoms with van der Waals surface area (Å²) in [7, 11) is 0. The highest BCUT2D eigenvalue weighted by Gasteiger charge is 2.31. The average molecular weight is 279 g/mol. The minimum Gasteiger partial charge on any atom is -0.394 e. The van der Waals surface area contributed by atoms with Crippen LogP contribution in [0.2, 0.25) is 0 Å². The maximum absolute atomic E-state index is 12.3. The van der Waals surface area contributed by atoms with E-state index in [2.05, 4.69) is 5.32 Å². The van der Waals surface area contributed by atoms with Gasteiger partial charge in [-0.05, 0) is 31.1 Å². The van der Waals surface area contributed by atoms with Crippen molar-refractivity contribution in [1.82, 2.24) is 5.32 Å². The molecule has 2 N–H and O–H groups in total. The fourth-order valence-corrected chi connectivity index (χ4v) is 3.51. The van der Waals surface area contributed by atoms with Crippen molar-refractivity contribution in [2.75, 3.05) is 12.4 Å². The van der Waals surface area contributed by atoms with E-state index in [1.807, 2.05) is 37.3 Å². The third-order valence-electron chi connectivity index (χ3n) is 3.60. The van der Waals surface area contributed by atoms with E-state index in [-0.39, 0.29) is 17.8 Å². The normalized spacial score (nSPS) is 22.5. The van der Waals surface area contributed by atoms with E-state index in [1.54, 1.807) is 11.8 Å². The van der Waals surface area contributed by atoms with Crippen LogP contribution in [0.4, 0.5) is 0 Å². The summed E-state index contributed by atoms with van der Waals surface area (Å²) in [5.74, 6) is 1.10. The average Bonchev–Trinajstić information content (AvgIpc) is 2.49. The Balaban J connectivity index is 2.07. The number of nitrogens with one attached hydrogen (secondary N) is 1. The van der Waals surface area contributed by atoms with Gasteiger partial charge in [-0.2, -0.15) is 0 Å². The predicted molar refractivity (Wildman–Crippen MR) is 79.1 cm³/mol. The first-order valence-electron chi connectivity index (χ1n) is 6.76. The molecule has 0 bridgehead atoms. The van der Waals surface area contributed by atoms with Crippen LogP contribution in [0, 0.1) is 0 Å². The standard InChI is InChI=1S/C15H21NO2S/c1-15(11-17,12-7-3-2-4-8-12)16-14(18)13-9-5-6-10-19-13/h2-4,7-8,13,17H,5-6,9-11H2,1H3,(H,16,18). The fraction of sp³-hybridized carbons (Fsp3) is 0.533. The molecule has 2 rings (SSSR count). The van der Waals surface area contributed by atoms with Gasteiger partial charge in [0, 0.05) is 0 Å². The Morgan fingerprint density at radius 2 is 2.16 bits per heavy atom. The lowest BCUT2D eigenvalue weighted by atomic mass is 9.92. The van der Waals surface area contributed by atoms with Gasteiger partial charge in [0.1, 0.15) is 0 Å². The molecule has 104 valence electrons. The zero-order valence-electron chi connectivity index (χ0n) is 11.3. The molecule has 1 heterocycles. The third kappa shape index (κ3) is 3.51. The first kappa shape index (κ1) is 14.4. The van der Waals surface area contributed by atoms with Crippen LogP contribution >= 0.6 is 11.8 Å². The zero-order valence-corrected chi connectivity index (χ0v) is 12.1. The van der Waals surface area contributed by atoms with Gasteiger partial charge in [-0.3, -0.25) is 4.79 Å². The highest BCUT2D eigenvalue weighted by molar-refractivity contribution is 8.00. The van der Waals surface area contributed by atoms with E-state index in [0.717, 1.165) is 24.2 Å². The topological polar surface area (TPSA) is 49.3 Å². The summed E-state index contributed by atoms with van der Waals surface area (Å²) in [5.41, 5.74) is 0.239. The smallest absolute Gasteiger partial charge is 0.233 e. The number of aliphatic hydroxyl groups excluding tert-OH is 1. The molecule has 0 spiro atoms. The van der Waals surface area contributed by atoms with Crippen molar-refractivity contribution < 1.29 is 9.90 Å². The molecule has 0 saturated carbocycles. The molecule has 1 aromatic rings. The molecule has 0 aliphatic carbocycles.